The fraction of sp³-hybridized carbons (Fsp3) is 0.286. The molecule has 16 heavy (non-hydrogen) atoms. The summed E-state index contributed by atoms with van der Waals surface area (Å²) in [6.07, 6.45) is 1.12. The Morgan fingerprint density at radius 3 is 2.81 bits per heavy atom. The van der Waals surface area contributed by atoms with Crippen molar-refractivity contribution in [3.05, 3.63) is 51.2 Å². The third-order valence-electron chi connectivity index (χ3n) is 3.12. The Labute approximate surface area is 100 Å². The van der Waals surface area contributed by atoms with Gasteiger partial charge in [-0.15, -0.1) is 11.3 Å². The SMILES string of the molecule is Cc1ccc2c(c1)CC(c1ccc(C)s1)N2. The van der Waals surface area contributed by atoms with E-state index in [-0.39, 0.29) is 0 Å². The highest BCUT2D eigenvalue weighted by Crippen LogP contribution is 2.36. The van der Waals surface area contributed by atoms with Crippen molar-refractivity contribution >= 4 is 17.0 Å². The van der Waals surface area contributed by atoms with E-state index in [1.54, 1.807) is 0 Å². The molecule has 1 aliphatic rings. The van der Waals surface area contributed by atoms with E-state index in [9.17, 15) is 0 Å². The lowest BCUT2D eigenvalue weighted by atomic mass is 10.1. The molecule has 0 saturated carbocycles. The highest BCUT2D eigenvalue weighted by atomic mass is 32.1. The van der Waals surface area contributed by atoms with E-state index >= 15 is 0 Å². The highest BCUT2D eigenvalue weighted by molar-refractivity contribution is 7.12. The summed E-state index contributed by atoms with van der Waals surface area (Å²) in [4.78, 5) is 2.84. The number of nitrogens with one attached hydrogen (secondary N) is 1. The van der Waals surface area contributed by atoms with Crippen LogP contribution in [0.1, 0.15) is 26.9 Å². The molecule has 0 aliphatic carbocycles. The second-order valence-corrected chi connectivity index (χ2v) is 5.83. The first-order chi connectivity index (χ1) is 7.72. The minimum absolute atomic E-state index is 0.482. The van der Waals surface area contributed by atoms with Gasteiger partial charge in [0.15, 0.2) is 0 Å². The van der Waals surface area contributed by atoms with Gasteiger partial charge in [-0.25, -0.2) is 0 Å². The average molecular weight is 229 g/mol. The van der Waals surface area contributed by atoms with Gasteiger partial charge in [-0.05, 0) is 44.0 Å². The maximum atomic E-state index is 3.60. The van der Waals surface area contributed by atoms with Crippen LogP contribution in [0.15, 0.2) is 30.3 Å². The molecule has 0 bridgehead atoms. The Morgan fingerprint density at radius 2 is 2.06 bits per heavy atom. The molecule has 2 heteroatoms. The highest BCUT2D eigenvalue weighted by Gasteiger charge is 2.22. The van der Waals surface area contributed by atoms with Crippen molar-refractivity contribution < 1.29 is 0 Å². The monoisotopic (exact) mass is 229 g/mol. The summed E-state index contributed by atoms with van der Waals surface area (Å²) in [5.74, 6) is 0. The van der Waals surface area contributed by atoms with Gasteiger partial charge in [-0.2, -0.15) is 0 Å². The van der Waals surface area contributed by atoms with E-state index < -0.39 is 0 Å². The molecule has 0 fully saturated rings. The quantitative estimate of drug-likeness (QED) is 0.777. The second kappa shape index (κ2) is 3.63. The van der Waals surface area contributed by atoms with Gasteiger partial charge in [0.25, 0.3) is 0 Å². The molecule has 2 aromatic rings. The van der Waals surface area contributed by atoms with Crippen molar-refractivity contribution in [2.24, 2.45) is 0 Å². The zero-order valence-electron chi connectivity index (χ0n) is 9.58. The zero-order valence-corrected chi connectivity index (χ0v) is 10.4. The normalized spacial score (nSPS) is 18.2. The van der Waals surface area contributed by atoms with Gasteiger partial charge >= 0.3 is 0 Å². The summed E-state index contributed by atoms with van der Waals surface area (Å²) in [6.45, 7) is 4.32. The number of benzene rings is 1. The predicted molar refractivity (Wildman–Crippen MR) is 70.3 cm³/mol. The summed E-state index contributed by atoms with van der Waals surface area (Å²) in [5, 5.41) is 3.60. The molecule has 1 unspecified atom stereocenters. The Bertz CT molecular complexity index is 527. The van der Waals surface area contributed by atoms with E-state index in [1.165, 1.54) is 26.6 Å². The topological polar surface area (TPSA) is 12.0 Å². The lowest BCUT2D eigenvalue weighted by Gasteiger charge is -2.07. The molecule has 1 aromatic carbocycles. The van der Waals surface area contributed by atoms with Crippen LogP contribution in [0.3, 0.4) is 0 Å². The van der Waals surface area contributed by atoms with Crippen molar-refractivity contribution in [2.75, 3.05) is 5.32 Å². The van der Waals surface area contributed by atoms with Gasteiger partial charge < -0.3 is 5.32 Å². The largest absolute Gasteiger partial charge is 0.377 e. The Balaban J connectivity index is 1.90. The fourth-order valence-corrected chi connectivity index (χ4v) is 3.23. The summed E-state index contributed by atoms with van der Waals surface area (Å²) < 4.78 is 0. The maximum absolute atomic E-state index is 3.60. The maximum Gasteiger partial charge on any atom is 0.0647 e. The molecular formula is C14H15NS. The van der Waals surface area contributed by atoms with E-state index in [2.05, 4.69) is 49.5 Å². The van der Waals surface area contributed by atoms with Crippen LogP contribution in [-0.4, -0.2) is 0 Å². The van der Waals surface area contributed by atoms with Gasteiger partial charge in [-0.3, -0.25) is 0 Å². The number of fused-ring (bicyclic) bond motifs is 1. The van der Waals surface area contributed by atoms with Gasteiger partial charge in [0.1, 0.15) is 0 Å². The number of thiophene rings is 1. The molecule has 3 rings (SSSR count). The molecule has 1 N–H and O–H groups in total. The molecule has 1 nitrogen and oxygen atoms in total. The molecule has 1 aromatic heterocycles. The van der Waals surface area contributed by atoms with E-state index in [4.69, 9.17) is 0 Å². The van der Waals surface area contributed by atoms with Crippen LogP contribution in [0.5, 0.6) is 0 Å². The second-order valence-electron chi connectivity index (χ2n) is 4.51. The van der Waals surface area contributed by atoms with Crippen molar-refractivity contribution in [1.29, 1.82) is 0 Å². The number of rotatable bonds is 1. The van der Waals surface area contributed by atoms with E-state index in [0.717, 1.165) is 6.42 Å². The molecule has 82 valence electrons. The molecular weight excluding hydrogens is 214 g/mol. The van der Waals surface area contributed by atoms with Crippen LogP contribution in [0.25, 0.3) is 0 Å². The first-order valence-electron chi connectivity index (χ1n) is 5.65. The third kappa shape index (κ3) is 1.63. The molecule has 0 spiro atoms. The van der Waals surface area contributed by atoms with Crippen LogP contribution in [0.4, 0.5) is 5.69 Å². The minimum atomic E-state index is 0.482. The van der Waals surface area contributed by atoms with Crippen molar-refractivity contribution in [2.45, 2.75) is 26.3 Å². The first-order valence-corrected chi connectivity index (χ1v) is 6.46. The Morgan fingerprint density at radius 1 is 1.19 bits per heavy atom. The molecule has 2 heterocycles. The smallest absolute Gasteiger partial charge is 0.0647 e. The zero-order chi connectivity index (χ0) is 11.1. The van der Waals surface area contributed by atoms with Crippen molar-refractivity contribution in [3.8, 4) is 0 Å². The average Bonchev–Trinajstić information content (AvgIpc) is 2.83. The van der Waals surface area contributed by atoms with Gasteiger partial charge in [-0.1, -0.05) is 17.7 Å². The first kappa shape index (κ1) is 9.91. The molecule has 0 saturated heterocycles. The summed E-state index contributed by atoms with van der Waals surface area (Å²) >= 11 is 1.90. The molecule has 1 atom stereocenters. The summed E-state index contributed by atoms with van der Waals surface area (Å²) in [5.41, 5.74) is 4.11. The van der Waals surface area contributed by atoms with E-state index in [1.807, 2.05) is 11.3 Å². The Hall–Kier alpha value is -1.28. The fourth-order valence-electron chi connectivity index (χ4n) is 2.30. The van der Waals surface area contributed by atoms with Crippen molar-refractivity contribution in [1.82, 2.24) is 0 Å². The van der Waals surface area contributed by atoms with Crippen LogP contribution < -0.4 is 5.32 Å². The summed E-state index contributed by atoms with van der Waals surface area (Å²) in [6, 6.07) is 11.6. The Kier molecular flexibility index (Phi) is 2.25. The van der Waals surface area contributed by atoms with Crippen LogP contribution >= 0.6 is 11.3 Å². The number of aryl methyl sites for hydroxylation is 2. The number of anilines is 1. The lowest BCUT2D eigenvalue weighted by molar-refractivity contribution is 0.843. The summed E-state index contributed by atoms with van der Waals surface area (Å²) in [7, 11) is 0. The van der Waals surface area contributed by atoms with Crippen LogP contribution in [0, 0.1) is 13.8 Å². The predicted octanol–water partition coefficient (Wildman–Crippen LogP) is 4.07. The van der Waals surface area contributed by atoms with Crippen LogP contribution in [0.2, 0.25) is 0 Å². The lowest BCUT2D eigenvalue weighted by Crippen LogP contribution is -2.02. The van der Waals surface area contributed by atoms with Crippen LogP contribution in [-0.2, 0) is 6.42 Å². The molecule has 0 amide bonds. The van der Waals surface area contributed by atoms with Gasteiger partial charge in [0, 0.05) is 15.4 Å². The number of hydrogen-bond acceptors (Lipinski definition) is 2. The van der Waals surface area contributed by atoms with Crippen molar-refractivity contribution in [3.63, 3.8) is 0 Å². The van der Waals surface area contributed by atoms with Gasteiger partial charge in [0.05, 0.1) is 6.04 Å². The minimum Gasteiger partial charge on any atom is -0.377 e. The molecule has 0 radical (unpaired) electrons. The standard InChI is InChI=1S/C14H15NS/c1-9-3-5-12-11(7-9)8-13(15-12)14-6-4-10(2)16-14/h3-7,13,15H,8H2,1-2H3. The third-order valence-corrected chi connectivity index (χ3v) is 4.23. The number of hydrogen-bond donors (Lipinski definition) is 1. The molecule has 1 aliphatic heterocycles. The van der Waals surface area contributed by atoms with Gasteiger partial charge in [0.2, 0.25) is 0 Å². The van der Waals surface area contributed by atoms with E-state index in [0.29, 0.717) is 6.04 Å².